The molecule has 2 heterocycles. The van der Waals surface area contributed by atoms with E-state index in [1.165, 1.54) is 115 Å². The predicted molar refractivity (Wildman–Crippen MR) is 228 cm³/mol. The maximum Gasteiger partial charge on any atom is 0.236 e. The first-order valence-electron chi connectivity index (χ1n) is 21.3. The number of ether oxygens (including phenoxy) is 1. The predicted octanol–water partition coefficient (Wildman–Crippen LogP) is 12.0. The second-order valence-electron chi connectivity index (χ2n) is 14.3. The van der Waals surface area contributed by atoms with Crippen molar-refractivity contribution >= 4 is 24.4 Å². The second kappa shape index (κ2) is 32.8. The summed E-state index contributed by atoms with van der Waals surface area (Å²) in [6, 6.07) is 0. The number of unbranched alkanes of at least 4 members (excludes halogenated alkanes) is 17. The Morgan fingerprint density at radius 1 is 0.642 bits per heavy atom. The molecule has 0 aliphatic rings. The van der Waals surface area contributed by atoms with E-state index in [-0.39, 0.29) is 6.35 Å². The molecule has 1 atom stereocenters. The second-order valence-corrected chi connectivity index (χ2v) is 16.6. The molecule has 0 aromatic carbocycles. The first-order valence-corrected chi connectivity index (χ1v) is 23.2. The minimum absolute atomic E-state index is 0.154. The van der Waals surface area contributed by atoms with Gasteiger partial charge in [-0.2, -0.15) is 0 Å². The van der Waals surface area contributed by atoms with Crippen molar-refractivity contribution in [1.82, 2.24) is 29.7 Å². The molecule has 0 saturated heterocycles. The van der Waals surface area contributed by atoms with E-state index in [4.69, 9.17) is 10.5 Å². The van der Waals surface area contributed by atoms with E-state index in [1.807, 2.05) is 4.57 Å². The number of hydrogen-bond acceptors (Lipinski definition) is 6. The molecule has 2 rings (SSSR count). The largest absolute Gasteiger partial charge is 0.382 e. The molecule has 300 valence electrons. The van der Waals surface area contributed by atoms with Crippen molar-refractivity contribution in [1.29, 1.82) is 0 Å². The van der Waals surface area contributed by atoms with Gasteiger partial charge in [-0.15, -0.1) is 0 Å². The van der Waals surface area contributed by atoms with Gasteiger partial charge in [0.2, 0.25) is 7.44 Å². The maximum atomic E-state index is 13.9. The van der Waals surface area contributed by atoms with Crippen molar-refractivity contribution in [2.45, 2.75) is 168 Å². The van der Waals surface area contributed by atoms with Gasteiger partial charge in [-0.05, 0) is 70.6 Å². The van der Waals surface area contributed by atoms with Crippen molar-refractivity contribution < 1.29 is 9.30 Å². The molecule has 2 aromatic heterocycles. The summed E-state index contributed by atoms with van der Waals surface area (Å²) in [5.41, 5.74) is 7.20. The highest BCUT2D eigenvalue weighted by molar-refractivity contribution is 7.59. The average molecular weight is 754 g/mol. The highest BCUT2D eigenvalue weighted by Crippen LogP contribution is 2.36. The van der Waals surface area contributed by atoms with Gasteiger partial charge in [0.25, 0.3) is 0 Å². The van der Waals surface area contributed by atoms with Crippen molar-refractivity contribution in [3.05, 3.63) is 61.3 Å². The Kier molecular flexibility index (Phi) is 28.8. The third-order valence-corrected chi connectivity index (χ3v) is 11.4. The van der Waals surface area contributed by atoms with Gasteiger partial charge in [-0.3, -0.25) is 14.7 Å². The first kappa shape index (κ1) is 46.6. The van der Waals surface area contributed by atoms with Crippen LogP contribution in [0.2, 0.25) is 0 Å². The van der Waals surface area contributed by atoms with E-state index in [2.05, 4.69) is 87.6 Å². The lowest BCUT2D eigenvalue weighted by Gasteiger charge is -2.21. The average Bonchev–Trinajstić information content (AvgIpc) is 3.58. The summed E-state index contributed by atoms with van der Waals surface area (Å²) in [6.45, 7) is 6.90. The monoisotopic (exact) mass is 754 g/mol. The third kappa shape index (κ3) is 24.4. The fraction of sp³-hybridized carbons (Fsp3) is 0.698. The molecular formula is C43H76N7O2P. The summed E-state index contributed by atoms with van der Waals surface area (Å²) in [6.07, 6.45) is 49.5. The highest BCUT2D eigenvalue weighted by atomic mass is 31.2. The summed E-state index contributed by atoms with van der Waals surface area (Å²) in [5.74, 6) is 0.366. The molecule has 0 radical (unpaired) electrons. The van der Waals surface area contributed by atoms with Gasteiger partial charge >= 0.3 is 0 Å². The number of nitrogens with one attached hydrogen (secondary N) is 2. The molecule has 0 aliphatic carbocycles. The topological polar surface area (TPSA) is 120 Å². The Labute approximate surface area is 323 Å². The van der Waals surface area contributed by atoms with Gasteiger partial charge in [0.1, 0.15) is 18.2 Å². The van der Waals surface area contributed by atoms with Crippen LogP contribution in [-0.2, 0) is 15.8 Å². The summed E-state index contributed by atoms with van der Waals surface area (Å²) in [4.78, 5) is 12.6. The number of nitrogens with zero attached hydrogens (tertiary/aromatic N) is 4. The molecule has 2 aromatic rings. The van der Waals surface area contributed by atoms with Gasteiger partial charge in [0.15, 0.2) is 11.5 Å². The number of nitrogens with two attached hydrogens (primary N) is 1. The van der Waals surface area contributed by atoms with Crippen LogP contribution in [0.15, 0.2) is 61.3 Å². The van der Waals surface area contributed by atoms with Crippen LogP contribution in [0.4, 0.5) is 5.82 Å². The Balaban J connectivity index is 1.61. The van der Waals surface area contributed by atoms with Crippen molar-refractivity contribution in [3.8, 4) is 0 Å². The van der Waals surface area contributed by atoms with Gasteiger partial charge in [0.05, 0.1) is 12.9 Å². The Morgan fingerprint density at radius 2 is 1.13 bits per heavy atom. The quantitative estimate of drug-likeness (QED) is 0.0357. The minimum Gasteiger partial charge on any atom is -0.382 e. The molecule has 53 heavy (non-hydrogen) atoms. The number of imidazole rings is 1. The fourth-order valence-electron chi connectivity index (χ4n) is 6.12. The normalized spacial score (nSPS) is 13.5. The van der Waals surface area contributed by atoms with Crippen LogP contribution in [0, 0.1) is 0 Å². The number of allylic oxidation sites excluding steroid dienone is 8. The molecule has 0 bridgehead atoms. The lowest BCUT2D eigenvalue weighted by Crippen LogP contribution is -2.27. The molecule has 0 spiro atoms. The van der Waals surface area contributed by atoms with Crippen molar-refractivity contribution in [3.63, 3.8) is 0 Å². The van der Waals surface area contributed by atoms with Crippen LogP contribution in [0.1, 0.15) is 162 Å². The number of anilines is 1. The smallest absolute Gasteiger partial charge is 0.236 e. The van der Waals surface area contributed by atoms with Crippen LogP contribution in [0.3, 0.4) is 0 Å². The van der Waals surface area contributed by atoms with Crippen molar-refractivity contribution in [2.24, 2.45) is 0 Å². The molecule has 0 aliphatic heterocycles. The number of fused-ring (bicyclic) bond motifs is 1. The van der Waals surface area contributed by atoms with Crippen LogP contribution in [0.5, 0.6) is 0 Å². The fourth-order valence-corrected chi connectivity index (χ4v) is 7.84. The van der Waals surface area contributed by atoms with Gasteiger partial charge in [-0.25, -0.2) is 15.0 Å². The number of rotatable bonds is 36. The summed E-state index contributed by atoms with van der Waals surface area (Å²) in [7, 11) is -2.88. The van der Waals surface area contributed by atoms with E-state index in [0.29, 0.717) is 30.1 Å². The first-order chi connectivity index (χ1) is 26.1. The molecule has 0 fully saturated rings. The number of nitrogen functional groups attached to an aromatic ring is 1. The van der Waals surface area contributed by atoms with Gasteiger partial charge < -0.3 is 15.0 Å². The van der Waals surface area contributed by atoms with Crippen LogP contribution >= 0.6 is 7.44 Å². The zero-order valence-electron chi connectivity index (χ0n) is 33.7. The zero-order chi connectivity index (χ0) is 37.9. The Hall–Kier alpha value is -2.58. The summed E-state index contributed by atoms with van der Waals surface area (Å²) >= 11 is 0. The molecular weight excluding hydrogens is 677 g/mol. The molecule has 9 nitrogen and oxygen atoms in total. The zero-order valence-corrected chi connectivity index (χ0v) is 34.6. The van der Waals surface area contributed by atoms with Crippen LogP contribution in [-0.4, -0.2) is 45.6 Å². The lowest BCUT2D eigenvalue weighted by molar-refractivity contribution is 0.164. The van der Waals surface area contributed by atoms with Crippen LogP contribution < -0.4 is 15.9 Å². The molecule has 0 amide bonds. The molecule has 1 unspecified atom stereocenters. The van der Waals surface area contributed by atoms with E-state index < -0.39 is 7.44 Å². The third-order valence-electron chi connectivity index (χ3n) is 9.42. The van der Waals surface area contributed by atoms with E-state index >= 15 is 0 Å². The van der Waals surface area contributed by atoms with Crippen molar-refractivity contribution in [2.75, 3.05) is 31.8 Å². The van der Waals surface area contributed by atoms with E-state index in [1.54, 1.807) is 6.33 Å². The van der Waals surface area contributed by atoms with Crippen LogP contribution in [0.25, 0.3) is 11.2 Å². The minimum atomic E-state index is -2.88. The molecule has 0 saturated carbocycles. The highest BCUT2D eigenvalue weighted by Gasteiger charge is 2.21. The SMILES string of the molecule is CCCC/C=C\C/C=C\CCCCCCCCNP(=O)(COCCn1cnc2c(N)ncnc21)NCCCCCCCC/C=C\C/C=C\CCCCC. The number of aromatic nitrogens is 4. The summed E-state index contributed by atoms with van der Waals surface area (Å²) < 4.78 is 21.8. The van der Waals surface area contributed by atoms with E-state index in [9.17, 15) is 4.57 Å². The van der Waals surface area contributed by atoms with E-state index in [0.717, 1.165) is 51.6 Å². The van der Waals surface area contributed by atoms with Gasteiger partial charge in [0, 0.05) is 19.6 Å². The Bertz CT molecular complexity index is 1320. The lowest BCUT2D eigenvalue weighted by atomic mass is 10.1. The molecule has 10 heteroatoms. The Morgan fingerprint density at radius 3 is 1.68 bits per heavy atom. The molecule has 4 N–H and O–H groups in total. The standard InChI is InChI=1S/C43H76N7O2P/c1-3-5-7-9-11-13-15-17-19-21-23-25-27-29-31-33-35-49-53(51,40-52-37-36-50-39-47-41-42(44)45-38-46-43(41)50)48-34-32-30-28-26-24-22-20-18-16-14-12-10-8-6-4-2/h10-13,16-19,38-39H,3-9,14-15,20-37,40H2,1-2H3,(H2,44,45,46)(H2,48,49,51)/b12-10-,13-11-,18-16-,19-17-. The number of hydrogen-bond donors (Lipinski definition) is 3. The maximum absolute atomic E-state index is 13.9. The van der Waals surface area contributed by atoms with Gasteiger partial charge in [-0.1, -0.05) is 140 Å². The summed E-state index contributed by atoms with van der Waals surface area (Å²) in [5, 5.41) is 6.73.